The molecule has 3 aromatic carbocycles. The van der Waals surface area contributed by atoms with Crippen LogP contribution in [-0.4, -0.2) is 58.0 Å². The third kappa shape index (κ3) is 7.53. The number of ether oxygens (including phenoxy) is 2. The zero-order valence-corrected chi connectivity index (χ0v) is 24.4. The fraction of sp³-hybridized carbons (Fsp3) is 0.333. The molecule has 10 heteroatoms. The molecule has 1 N–H and O–H groups in total. The minimum Gasteiger partial charge on any atom is -0.497 e. The van der Waals surface area contributed by atoms with Crippen LogP contribution in [0.2, 0.25) is 0 Å². The molecule has 214 valence electrons. The van der Waals surface area contributed by atoms with Crippen molar-refractivity contribution < 1.29 is 27.5 Å². The number of carbonyl (C=O) groups excluding carboxylic acids is 2. The average Bonchev–Trinajstić information content (AvgIpc) is 2.95. The van der Waals surface area contributed by atoms with E-state index in [1.807, 2.05) is 26.8 Å². The Morgan fingerprint density at radius 2 is 1.50 bits per heavy atom. The van der Waals surface area contributed by atoms with E-state index in [0.717, 1.165) is 9.87 Å². The molecule has 3 aromatic rings. The van der Waals surface area contributed by atoms with Crippen LogP contribution in [0.15, 0.2) is 83.8 Å². The smallest absolute Gasteiger partial charge is 0.264 e. The molecule has 0 saturated carbocycles. The van der Waals surface area contributed by atoms with Crippen molar-refractivity contribution in [2.24, 2.45) is 0 Å². The number of hydrogen-bond donors (Lipinski definition) is 1. The first-order chi connectivity index (χ1) is 19.1. The van der Waals surface area contributed by atoms with Crippen molar-refractivity contribution in [1.82, 2.24) is 10.2 Å². The Kier molecular flexibility index (Phi) is 10.6. The molecule has 0 aliphatic heterocycles. The summed E-state index contributed by atoms with van der Waals surface area (Å²) in [7, 11) is -1.12. The van der Waals surface area contributed by atoms with Crippen LogP contribution < -0.4 is 19.1 Å². The maximum absolute atomic E-state index is 14.1. The van der Waals surface area contributed by atoms with Crippen LogP contribution in [0.25, 0.3) is 0 Å². The Hall–Kier alpha value is -4.05. The summed E-state index contributed by atoms with van der Waals surface area (Å²) in [6.07, 6.45) is 0.332. The first-order valence-electron chi connectivity index (χ1n) is 13.0. The fourth-order valence-corrected chi connectivity index (χ4v) is 5.71. The molecule has 1 atom stereocenters. The predicted octanol–water partition coefficient (Wildman–Crippen LogP) is 4.23. The minimum atomic E-state index is -4.15. The Balaban J connectivity index is 2.08. The molecule has 0 aromatic heterocycles. The Morgan fingerprint density at radius 3 is 2.10 bits per heavy atom. The van der Waals surface area contributed by atoms with Crippen molar-refractivity contribution in [2.75, 3.05) is 25.1 Å². The highest BCUT2D eigenvalue weighted by molar-refractivity contribution is 7.92. The summed E-state index contributed by atoms with van der Waals surface area (Å²) in [5, 5.41) is 2.89. The first-order valence-corrected chi connectivity index (χ1v) is 14.5. The van der Waals surface area contributed by atoms with Crippen LogP contribution in [-0.2, 0) is 26.2 Å². The largest absolute Gasteiger partial charge is 0.497 e. The van der Waals surface area contributed by atoms with E-state index in [-0.39, 0.29) is 29.1 Å². The van der Waals surface area contributed by atoms with Crippen molar-refractivity contribution in [3.05, 3.63) is 84.4 Å². The quantitative estimate of drug-likeness (QED) is 0.332. The van der Waals surface area contributed by atoms with Crippen LogP contribution >= 0.6 is 0 Å². The number of sulfonamides is 1. The van der Waals surface area contributed by atoms with Gasteiger partial charge in [-0.3, -0.25) is 13.9 Å². The summed E-state index contributed by atoms with van der Waals surface area (Å²) >= 11 is 0. The highest BCUT2D eigenvalue weighted by atomic mass is 32.2. The zero-order chi connectivity index (χ0) is 29.3. The van der Waals surface area contributed by atoms with E-state index in [2.05, 4.69) is 5.32 Å². The standard InChI is InChI=1S/C30H37N3O6S/c1-6-28(30(35)31-22(2)3)32(20-23-12-10-14-25(18-23)38-4)29(34)21-33(24-13-11-15-26(19-24)39-5)40(36,37)27-16-8-7-9-17-27/h7-19,22,28H,6,20-21H2,1-5H3,(H,31,35). The third-order valence-corrected chi connectivity index (χ3v) is 8.04. The molecular formula is C30H37N3O6S. The first kappa shape index (κ1) is 30.5. The topological polar surface area (TPSA) is 105 Å². The molecule has 9 nitrogen and oxygen atoms in total. The van der Waals surface area contributed by atoms with Gasteiger partial charge in [0.15, 0.2) is 0 Å². The lowest BCUT2D eigenvalue weighted by Crippen LogP contribution is -2.53. The highest BCUT2D eigenvalue weighted by Crippen LogP contribution is 2.28. The van der Waals surface area contributed by atoms with E-state index in [0.29, 0.717) is 17.9 Å². The van der Waals surface area contributed by atoms with Crippen LogP contribution in [0.5, 0.6) is 11.5 Å². The van der Waals surface area contributed by atoms with Gasteiger partial charge in [0.25, 0.3) is 10.0 Å². The molecule has 0 radical (unpaired) electrons. The Morgan fingerprint density at radius 1 is 0.875 bits per heavy atom. The van der Waals surface area contributed by atoms with E-state index < -0.39 is 28.5 Å². The summed E-state index contributed by atoms with van der Waals surface area (Å²) in [4.78, 5) is 28.8. The summed E-state index contributed by atoms with van der Waals surface area (Å²) in [5.41, 5.74) is 1.000. The van der Waals surface area contributed by atoms with Gasteiger partial charge in [-0.15, -0.1) is 0 Å². The van der Waals surface area contributed by atoms with Crippen molar-refractivity contribution >= 4 is 27.5 Å². The normalized spacial score (nSPS) is 11.9. The van der Waals surface area contributed by atoms with Crippen molar-refractivity contribution in [3.8, 4) is 11.5 Å². The molecule has 40 heavy (non-hydrogen) atoms. The summed E-state index contributed by atoms with van der Waals surface area (Å²) in [5.74, 6) is 0.201. The van der Waals surface area contributed by atoms with Gasteiger partial charge in [-0.2, -0.15) is 0 Å². The molecule has 2 amide bonds. The molecule has 1 unspecified atom stereocenters. The van der Waals surface area contributed by atoms with Gasteiger partial charge >= 0.3 is 0 Å². The monoisotopic (exact) mass is 567 g/mol. The Bertz CT molecular complexity index is 1400. The number of nitrogens with one attached hydrogen (secondary N) is 1. The Labute approximate surface area is 236 Å². The number of methoxy groups -OCH3 is 2. The van der Waals surface area contributed by atoms with E-state index in [4.69, 9.17) is 9.47 Å². The number of anilines is 1. The van der Waals surface area contributed by atoms with Crippen molar-refractivity contribution in [2.45, 2.75) is 50.7 Å². The summed E-state index contributed by atoms with van der Waals surface area (Å²) in [6, 6.07) is 20.7. The zero-order valence-electron chi connectivity index (χ0n) is 23.5. The lowest BCUT2D eigenvalue weighted by Gasteiger charge is -2.33. The molecule has 0 saturated heterocycles. The van der Waals surface area contributed by atoms with Crippen LogP contribution in [0.1, 0.15) is 32.8 Å². The lowest BCUT2D eigenvalue weighted by molar-refractivity contribution is -0.140. The number of rotatable bonds is 13. The van der Waals surface area contributed by atoms with E-state index in [9.17, 15) is 18.0 Å². The summed E-state index contributed by atoms with van der Waals surface area (Å²) < 4.78 is 39.5. The van der Waals surface area contributed by atoms with Gasteiger partial charge in [0.1, 0.15) is 24.1 Å². The molecular weight excluding hydrogens is 530 g/mol. The van der Waals surface area contributed by atoms with Gasteiger partial charge in [-0.1, -0.05) is 43.3 Å². The van der Waals surface area contributed by atoms with Gasteiger partial charge in [0.05, 0.1) is 24.8 Å². The second-order valence-electron chi connectivity index (χ2n) is 9.49. The van der Waals surface area contributed by atoms with E-state index in [1.165, 1.54) is 24.1 Å². The number of benzene rings is 3. The molecule has 0 aliphatic carbocycles. The van der Waals surface area contributed by atoms with Gasteiger partial charge in [0, 0.05) is 18.7 Å². The third-order valence-electron chi connectivity index (χ3n) is 6.26. The molecule has 0 heterocycles. The maximum Gasteiger partial charge on any atom is 0.264 e. The number of nitrogens with zero attached hydrogens (tertiary/aromatic N) is 2. The van der Waals surface area contributed by atoms with Gasteiger partial charge in [-0.05, 0) is 62.2 Å². The van der Waals surface area contributed by atoms with Crippen molar-refractivity contribution in [3.63, 3.8) is 0 Å². The van der Waals surface area contributed by atoms with Crippen molar-refractivity contribution in [1.29, 1.82) is 0 Å². The number of amides is 2. The molecule has 0 aliphatic rings. The highest BCUT2D eigenvalue weighted by Gasteiger charge is 2.34. The molecule has 0 bridgehead atoms. The number of carbonyl (C=O) groups is 2. The van der Waals surface area contributed by atoms with Gasteiger partial charge in [0.2, 0.25) is 11.8 Å². The summed E-state index contributed by atoms with van der Waals surface area (Å²) in [6.45, 7) is 5.06. The average molecular weight is 568 g/mol. The SMILES string of the molecule is CCC(C(=O)NC(C)C)N(Cc1cccc(OC)c1)C(=O)CN(c1cccc(OC)c1)S(=O)(=O)c1ccccc1. The molecule has 0 spiro atoms. The lowest BCUT2D eigenvalue weighted by atomic mass is 10.1. The van der Waals surface area contributed by atoms with Crippen LogP contribution in [0.3, 0.4) is 0 Å². The van der Waals surface area contributed by atoms with E-state index >= 15 is 0 Å². The van der Waals surface area contributed by atoms with Gasteiger partial charge < -0.3 is 19.7 Å². The second kappa shape index (κ2) is 13.8. The molecule has 3 rings (SSSR count). The second-order valence-corrected chi connectivity index (χ2v) is 11.3. The van der Waals surface area contributed by atoms with Crippen LogP contribution in [0, 0.1) is 0 Å². The number of hydrogen-bond acceptors (Lipinski definition) is 6. The minimum absolute atomic E-state index is 0.0366. The van der Waals surface area contributed by atoms with Gasteiger partial charge in [-0.25, -0.2) is 8.42 Å². The van der Waals surface area contributed by atoms with E-state index in [1.54, 1.807) is 67.8 Å². The molecule has 0 fully saturated rings. The fourth-order valence-electron chi connectivity index (χ4n) is 4.28. The van der Waals surface area contributed by atoms with Crippen LogP contribution in [0.4, 0.5) is 5.69 Å². The maximum atomic E-state index is 14.1. The predicted molar refractivity (Wildman–Crippen MR) is 155 cm³/mol.